The van der Waals surface area contributed by atoms with Crippen LogP contribution >= 0.6 is 23.2 Å². The van der Waals surface area contributed by atoms with Crippen molar-refractivity contribution in [2.24, 2.45) is 0 Å². The van der Waals surface area contributed by atoms with Gasteiger partial charge < -0.3 is 10.2 Å². The highest BCUT2D eigenvalue weighted by molar-refractivity contribution is 7.92. The normalized spacial score (nSPS) is 11.9. The minimum absolute atomic E-state index is 0.0699. The molecule has 0 radical (unpaired) electrons. The van der Waals surface area contributed by atoms with E-state index in [0.29, 0.717) is 17.1 Å². The summed E-state index contributed by atoms with van der Waals surface area (Å²) in [7, 11) is -4.35. The Morgan fingerprint density at radius 3 is 2.27 bits per heavy atom. The number of nitro groups is 1. The lowest BCUT2D eigenvalue weighted by atomic mass is 10.1. The van der Waals surface area contributed by atoms with E-state index in [-0.39, 0.29) is 34.3 Å². The number of likely N-dealkylation sites (N-methyl/N-ethyl adjacent to an activating group) is 1. The number of amides is 2. The zero-order valence-corrected chi connectivity index (χ0v) is 24.1. The number of carbonyl (C=O) groups excluding carboxylic acids is 2. The molecule has 2 amide bonds. The van der Waals surface area contributed by atoms with Gasteiger partial charge in [-0.15, -0.1) is 0 Å². The van der Waals surface area contributed by atoms with E-state index in [1.807, 2.05) is 0 Å². The van der Waals surface area contributed by atoms with E-state index in [9.17, 15) is 28.1 Å². The second-order valence-electron chi connectivity index (χ2n) is 8.69. The number of nitrogens with one attached hydrogen (secondary N) is 1. The van der Waals surface area contributed by atoms with Crippen LogP contribution in [0, 0.1) is 10.1 Å². The van der Waals surface area contributed by atoms with Crippen LogP contribution in [0.3, 0.4) is 0 Å². The summed E-state index contributed by atoms with van der Waals surface area (Å²) in [6.07, 6.45) is 0.237. The first-order valence-electron chi connectivity index (χ1n) is 12.3. The van der Waals surface area contributed by atoms with Gasteiger partial charge in [-0.05, 0) is 49.2 Å². The lowest BCUT2D eigenvalue weighted by Gasteiger charge is -2.33. The average molecular weight is 608 g/mol. The number of sulfonamides is 1. The Morgan fingerprint density at radius 2 is 1.68 bits per heavy atom. The third kappa shape index (κ3) is 7.29. The van der Waals surface area contributed by atoms with Crippen molar-refractivity contribution in [2.75, 3.05) is 17.4 Å². The first kappa shape index (κ1) is 30.9. The van der Waals surface area contributed by atoms with E-state index in [2.05, 4.69) is 5.32 Å². The molecule has 0 aromatic heterocycles. The maximum Gasteiger partial charge on any atom is 0.271 e. The van der Waals surface area contributed by atoms with Crippen molar-refractivity contribution in [1.82, 2.24) is 10.2 Å². The highest BCUT2D eigenvalue weighted by Gasteiger charge is 2.34. The number of carbonyl (C=O) groups is 2. The smallest absolute Gasteiger partial charge is 0.271 e. The summed E-state index contributed by atoms with van der Waals surface area (Å²) in [5.74, 6) is -1.11. The van der Waals surface area contributed by atoms with Gasteiger partial charge in [-0.1, -0.05) is 60.5 Å². The van der Waals surface area contributed by atoms with Crippen LogP contribution in [-0.2, 0) is 26.2 Å². The lowest BCUT2D eigenvalue weighted by molar-refractivity contribution is -0.384. The van der Waals surface area contributed by atoms with Crippen molar-refractivity contribution in [2.45, 2.75) is 37.8 Å². The number of non-ortho nitro benzene ring substituents is 1. The third-order valence-corrected chi connectivity index (χ3v) is 8.54. The molecule has 212 valence electrons. The summed E-state index contributed by atoms with van der Waals surface area (Å²) in [5.41, 5.74) is 0.143. The lowest BCUT2D eigenvalue weighted by Crippen LogP contribution is -2.52. The molecule has 0 saturated heterocycles. The molecule has 3 aromatic rings. The molecular formula is C27H28Cl2N4O6S. The van der Waals surface area contributed by atoms with E-state index in [1.54, 1.807) is 38.1 Å². The molecule has 1 unspecified atom stereocenters. The molecule has 40 heavy (non-hydrogen) atoms. The SMILES string of the molecule is CCNC(=O)C(CC)N(Cc1ccc(Cl)c(Cl)c1)C(=O)CN(c1cccc([N+](=O)[O-])c1)S(=O)(=O)c1ccccc1. The zero-order valence-electron chi connectivity index (χ0n) is 21.8. The van der Waals surface area contributed by atoms with Crippen LogP contribution in [0.15, 0.2) is 77.7 Å². The standard InChI is InChI=1S/C27H28Cl2N4O6S/c1-3-25(27(35)30-4-2)31(17-19-13-14-23(28)24(29)15-19)26(34)18-32(20-9-8-10-21(16-20)33(36)37)40(38,39)22-11-6-5-7-12-22/h5-16,25H,3-4,17-18H2,1-2H3,(H,30,35). The summed E-state index contributed by atoms with van der Waals surface area (Å²) >= 11 is 12.2. The van der Waals surface area contributed by atoms with E-state index in [1.165, 1.54) is 47.4 Å². The summed E-state index contributed by atoms with van der Waals surface area (Å²) in [4.78, 5) is 38.9. The van der Waals surface area contributed by atoms with E-state index < -0.39 is 39.3 Å². The Labute approximate surface area is 242 Å². The molecule has 0 heterocycles. The number of halogens is 2. The first-order valence-corrected chi connectivity index (χ1v) is 14.5. The monoisotopic (exact) mass is 606 g/mol. The van der Waals surface area contributed by atoms with Crippen LogP contribution in [0.2, 0.25) is 10.0 Å². The van der Waals surface area contributed by atoms with Crippen LogP contribution in [0.5, 0.6) is 0 Å². The number of hydrogen-bond acceptors (Lipinski definition) is 6. The fourth-order valence-corrected chi connectivity index (χ4v) is 5.80. The van der Waals surface area contributed by atoms with Crippen molar-refractivity contribution < 1.29 is 22.9 Å². The summed E-state index contributed by atoms with van der Waals surface area (Å²) in [5, 5.41) is 14.7. The number of anilines is 1. The topological polar surface area (TPSA) is 130 Å². The molecule has 0 aliphatic rings. The number of nitro benzene ring substituents is 1. The molecule has 0 aliphatic carbocycles. The molecule has 3 aromatic carbocycles. The van der Waals surface area contributed by atoms with Gasteiger partial charge in [-0.2, -0.15) is 0 Å². The minimum atomic E-state index is -4.35. The molecule has 3 rings (SSSR count). The minimum Gasteiger partial charge on any atom is -0.355 e. The van der Waals surface area contributed by atoms with Crippen LogP contribution in [0.25, 0.3) is 0 Å². The Morgan fingerprint density at radius 1 is 0.975 bits per heavy atom. The van der Waals surface area contributed by atoms with Gasteiger partial charge in [0.2, 0.25) is 11.8 Å². The molecule has 13 heteroatoms. The molecule has 0 bridgehead atoms. The molecule has 1 atom stereocenters. The quantitative estimate of drug-likeness (QED) is 0.227. The Balaban J connectivity index is 2.10. The van der Waals surface area contributed by atoms with Crippen LogP contribution in [0.4, 0.5) is 11.4 Å². The second kappa shape index (κ2) is 13.6. The van der Waals surface area contributed by atoms with Gasteiger partial charge >= 0.3 is 0 Å². The van der Waals surface area contributed by atoms with Gasteiger partial charge in [-0.25, -0.2) is 8.42 Å². The van der Waals surface area contributed by atoms with Gasteiger partial charge in [0.15, 0.2) is 0 Å². The Kier molecular flexibility index (Phi) is 10.5. The summed E-state index contributed by atoms with van der Waals surface area (Å²) in [6, 6.07) is 16.3. The number of hydrogen-bond donors (Lipinski definition) is 1. The number of benzene rings is 3. The van der Waals surface area contributed by atoms with Crippen molar-refractivity contribution in [1.29, 1.82) is 0 Å². The molecule has 0 aliphatic heterocycles. The van der Waals surface area contributed by atoms with Crippen molar-refractivity contribution >= 4 is 56.4 Å². The number of rotatable bonds is 12. The number of nitrogens with zero attached hydrogens (tertiary/aromatic N) is 3. The maximum absolute atomic E-state index is 13.9. The van der Waals surface area contributed by atoms with Crippen molar-refractivity contribution in [3.05, 3.63) is 98.5 Å². The predicted molar refractivity (Wildman–Crippen MR) is 154 cm³/mol. The van der Waals surface area contributed by atoms with Crippen LogP contribution in [0.1, 0.15) is 25.8 Å². The molecule has 0 spiro atoms. The molecule has 1 N–H and O–H groups in total. The predicted octanol–water partition coefficient (Wildman–Crippen LogP) is 5.04. The Hall–Kier alpha value is -3.67. The van der Waals surface area contributed by atoms with Gasteiger partial charge in [0, 0.05) is 25.2 Å². The highest BCUT2D eigenvalue weighted by Crippen LogP contribution is 2.28. The van der Waals surface area contributed by atoms with Crippen LogP contribution in [-0.4, -0.2) is 49.2 Å². The Bertz CT molecular complexity index is 1490. The highest BCUT2D eigenvalue weighted by atomic mass is 35.5. The molecular weight excluding hydrogens is 579 g/mol. The summed E-state index contributed by atoms with van der Waals surface area (Å²) in [6.45, 7) is 3.00. The fourth-order valence-electron chi connectivity index (χ4n) is 4.06. The van der Waals surface area contributed by atoms with Gasteiger partial charge in [-0.3, -0.25) is 24.0 Å². The largest absolute Gasteiger partial charge is 0.355 e. The van der Waals surface area contributed by atoms with Crippen molar-refractivity contribution in [3.8, 4) is 0 Å². The fraction of sp³-hybridized carbons (Fsp3) is 0.259. The van der Waals surface area contributed by atoms with Crippen molar-refractivity contribution in [3.63, 3.8) is 0 Å². The summed E-state index contributed by atoms with van der Waals surface area (Å²) < 4.78 is 28.3. The van der Waals surface area contributed by atoms with E-state index in [0.717, 1.165) is 10.4 Å². The van der Waals surface area contributed by atoms with Crippen LogP contribution < -0.4 is 9.62 Å². The second-order valence-corrected chi connectivity index (χ2v) is 11.4. The zero-order chi connectivity index (χ0) is 29.4. The maximum atomic E-state index is 13.9. The van der Waals surface area contributed by atoms with E-state index >= 15 is 0 Å². The van der Waals surface area contributed by atoms with Gasteiger partial charge in [0.05, 0.1) is 25.6 Å². The first-order chi connectivity index (χ1) is 19.0. The van der Waals surface area contributed by atoms with E-state index in [4.69, 9.17) is 23.2 Å². The average Bonchev–Trinajstić information content (AvgIpc) is 2.94. The molecule has 10 nitrogen and oxygen atoms in total. The molecule has 0 fully saturated rings. The van der Waals surface area contributed by atoms with Gasteiger partial charge in [0.25, 0.3) is 15.7 Å². The van der Waals surface area contributed by atoms with Gasteiger partial charge in [0.1, 0.15) is 12.6 Å². The third-order valence-electron chi connectivity index (χ3n) is 6.01. The molecule has 0 saturated carbocycles.